The normalized spacial score (nSPS) is 20.2. The molecule has 4 amide bonds. The van der Waals surface area contributed by atoms with E-state index >= 15 is 0 Å². The molecule has 1 aliphatic rings. The van der Waals surface area contributed by atoms with Gasteiger partial charge in [0.25, 0.3) is 0 Å². The summed E-state index contributed by atoms with van der Waals surface area (Å²) in [5, 5.41) is 7.80. The highest BCUT2D eigenvalue weighted by Gasteiger charge is 2.29. The molecule has 0 aliphatic carbocycles. The molecule has 1 unspecified atom stereocenters. The van der Waals surface area contributed by atoms with Gasteiger partial charge in [-0.3, -0.25) is 19.8 Å². The highest BCUT2D eigenvalue weighted by atomic mass is 16.2. The summed E-state index contributed by atoms with van der Waals surface area (Å²) in [6, 6.07) is -1.29. The van der Waals surface area contributed by atoms with Crippen molar-refractivity contribution in [3.63, 3.8) is 0 Å². The highest BCUT2D eigenvalue weighted by Crippen LogP contribution is 2.03. The Morgan fingerprint density at radius 1 is 1.44 bits per heavy atom. The molecule has 18 heavy (non-hydrogen) atoms. The van der Waals surface area contributed by atoms with E-state index < -0.39 is 18.0 Å². The number of piperazine rings is 1. The Morgan fingerprint density at radius 3 is 2.78 bits per heavy atom. The van der Waals surface area contributed by atoms with E-state index in [2.05, 4.69) is 10.6 Å². The first-order valence-corrected chi connectivity index (χ1v) is 5.86. The fourth-order valence-corrected chi connectivity index (χ4v) is 1.85. The van der Waals surface area contributed by atoms with Crippen LogP contribution in [0, 0.1) is 0 Å². The van der Waals surface area contributed by atoms with E-state index in [0.29, 0.717) is 26.2 Å². The van der Waals surface area contributed by atoms with Crippen molar-refractivity contribution in [1.82, 2.24) is 20.9 Å². The number of hydrogen-bond donors (Lipinski definition) is 4. The van der Waals surface area contributed by atoms with Crippen molar-refractivity contribution < 1.29 is 14.4 Å². The topological polar surface area (TPSA) is 117 Å². The number of urea groups is 1. The smallest absolute Gasteiger partial charge is 0.318 e. The molecule has 0 radical (unpaired) electrons. The number of imide groups is 1. The maximum atomic E-state index is 11.8. The molecule has 8 nitrogen and oxygen atoms in total. The van der Waals surface area contributed by atoms with Crippen LogP contribution in [0.4, 0.5) is 4.79 Å². The van der Waals surface area contributed by atoms with Crippen LogP contribution >= 0.6 is 0 Å². The number of likely N-dealkylation sites (N-methyl/N-ethyl adjacent to an activating group) is 1. The van der Waals surface area contributed by atoms with Crippen LogP contribution in [0.3, 0.4) is 0 Å². The quantitative estimate of drug-likeness (QED) is 0.447. The van der Waals surface area contributed by atoms with Gasteiger partial charge in [0.15, 0.2) is 0 Å². The van der Waals surface area contributed by atoms with Crippen LogP contribution in [0.25, 0.3) is 0 Å². The summed E-state index contributed by atoms with van der Waals surface area (Å²) in [4.78, 5) is 35.5. The Bertz CT molecular complexity index is 333. The number of carbonyl (C=O) groups excluding carboxylic acids is 3. The number of nitrogens with two attached hydrogens (primary N) is 1. The molecule has 8 heteroatoms. The molecule has 0 aromatic heterocycles. The van der Waals surface area contributed by atoms with Crippen LogP contribution in [0.15, 0.2) is 0 Å². The highest BCUT2D eigenvalue weighted by molar-refractivity contribution is 5.94. The van der Waals surface area contributed by atoms with Crippen molar-refractivity contribution in [2.75, 3.05) is 32.7 Å². The lowest BCUT2D eigenvalue weighted by atomic mass is 10.1. The Balaban J connectivity index is 2.56. The van der Waals surface area contributed by atoms with Crippen LogP contribution in [0.2, 0.25) is 0 Å². The minimum atomic E-state index is -0.885. The lowest BCUT2D eigenvalue weighted by molar-refractivity contribution is -0.129. The van der Waals surface area contributed by atoms with E-state index in [1.165, 1.54) is 0 Å². The zero-order valence-corrected chi connectivity index (χ0v) is 10.4. The molecule has 0 bridgehead atoms. The maximum absolute atomic E-state index is 11.8. The van der Waals surface area contributed by atoms with Crippen LogP contribution in [0.5, 0.6) is 0 Å². The van der Waals surface area contributed by atoms with E-state index in [1.807, 2.05) is 12.2 Å². The van der Waals surface area contributed by atoms with Gasteiger partial charge in [-0.25, -0.2) is 4.79 Å². The van der Waals surface area contributed by atoms with Gasteiger partial charge in [-0.05, 0) is 6.92 Å². The molecule has 0 aromatic rings. The minimum absolute atomic E-state index is 0.0214. The zero-order valence-electron chi connectivity index (χ0n) is 10.4. The zero-order chi connectivity index (χ0) is 13.5. The molecule has 1 atom stereocenters. The summed E-state index contributed by atoms with van der Waals surface area (Å²) in [5.74, 6) is -0.629. The second-order valence-corrected chi connectivity index (χ2v) is 4.00. The molecule has 102 valence electrons. The molecule has 1 saturated heterocycles. The van der Waals surface area contributed by atoms with E-state index in [-0.39, 0.29) is 12.5 Å². The first-order valence-electron chi connectivity index (χ1n) is 5.86. The average molecular weight is 257 g/mol. The third-order valence-corrected chi connectivity index (χ3v) is 2.62. The molecular weight excluding hydrogens is 238 g/mol. The summed E-state index contributed by atoms with van der Waals surface area (Å²) in [6.45, 7) is 4.09. The van der Waals surface area contributed by atoms with Gasteiger partial charge in [0.2, 0.25) is 11.8 Å². The molecule has 1 aliphatic heterocycles. The Labute approximate surface area is 105 Å². The Kier molecular flexibility index (Phi) is 5.53. The van der Waals surface area contributed by atoms with E-state index in [9.17, 15) is 14.4 Å². The number of rotatable bonds is 4. The van der Waals surface area contributed by atoms with Crippen molar-refractivity contribution in [2.45, 2.75) is 13.0 Å². The average Bonchev–Trinajstić information content (AvgIpc) is 2.28. The fraction of sp³-hybridized carbons (Fsp3) is 0.700. The number of amides is 4. The molecule has 5 N–H and O–H groups in total. The van der Waals surface area contributed by atoms with Gasteiger partial charge in [0.1, 0.15) is 6.04 Å². The van der Waals surface area contributed by atoms with E-state index in [0.717, 1.165) is 0 Å². The van der Waals surface area contributed by atoms with Gasteiger partial charge in [-0.1, -0.05) is 0 Å². The largest absolute Gasteiger partial charge is 0.355 e. The summed E-state index contributed by atoms with van der Waals surface area (Å²) in [7, 11) is 0. The number of nitrogens with one attached hydrogen (secondary N) is 3. The van der Waals surface area contributed by atoms with Crippen molar-refractivity contribution in [2.24, 2.45) is 5.73 Å². The second kappa shape index (κ2) is 6.92. The third-order valence-electron chi connectivity index (χ3n) is 2.62. The predicted molar refractivity (Wildman–Crippen MR) is 64.6 cm³/mol. The SMILES string of the molecule is CCNC(=O)C1CNCCN1CC(=O)NC(N)=O. The molecule has 0 saturated carbocycles. The number of carbonyl (C=O) groups is 3. The van der Waals surface area contributed by atoms with Gasteiger partial charge in [0.05, 0.1) is 6.54 Å². The van der Waals surface area contributed by atoms with Gasteiger partial charge in [-0.15, -0.1) is 0 Å². The maximum Gasteiger partial charge on any atom is 0.318 e. The van der Waals surface area contributed by atoms with Crippen LogP contribution in [0.1, 0.15) is 6.92 Å². The molecule has 0 aromatic carbocycles. The fourth-order valence-electron chi connectivity index (χ4n) is 1.85. The summed E-state index contributed by atoms with van der Waals surface area (Å²) < 4.78 is 0. The van der Waals surface area contributed by atoms with Crippen molar-refractivity contribution in [3.8, 4) is 0 Å². The monoisotopic (exact) mass is 257 g/mol. The first kappa shape index (κ1) is 14.4. The minimum Gasteiger partial charge on any atom is -0.355 e. The number of nitrogens with zero attached hydrogens (tertiary/aromatic N) is 1. The summed E-state index contributed by atoms with van der Waals surface area (Å²) >= 11 is 0. The Morgan fingerprint density at radius 2 is 2.17 bits per heavy atom. The van der Waals surface area contributed by atoms with Crippen LogP contribution in [-0.4, -0.2) is 61.5 Å². The summed E-state index contributed by atoms with van der Waals surface area (Å²) in [5.41, 5.74) is 4.86. The molecule has 0 spiro atoms. The number of hydrogen-bond acceptors (Lipinski definition) is 5. The molecular formula is C10H19N5O3. The van der Waals surface area contributed by atoms with Crippen molar-refractivity contribution in [1.29, 1.82) is 0 Å². The molecule has 1 rings (SSSR count). The third kappa shape index (κ3) is 4.30. The molecule has 1 heterocycles. The van der Waals surface area contributed by atoms with E-state index in [4.69, 9.17) is 5.73 Å². The standard InChI is InChI=1S/C10H19N5O3/c1-2-13-9(17)7-5-12-3-4-15(7)6-8(16)14-10(11)18/h7,12H,2-6H2,1H3,(H,13,17)(H3,11,14,16,18). The Hall–Kier alpha value is -1.67. The van der Waals surface area contributed by atoms with Crippen molar-refractivity contribution >= 4 is 17.8 Å². The van der Waals surface area contributed by atoms with Crippen molar-refractivity contribution in [3.05, 3.63) is 0 Å². The van der Waals surface area contributed by atoms with Gasteiger partial charge < -0.3 is 16.4 Å². The lowest BCUT2D eigenvalue weighted by Gasteiger charge is -2.34. The number of primary amides is 1. The van der Waals surface area contributed by atoms with Crippen LogP contribution < -0.4 is 21.7 Å². The molecule has 1 fully saturated rings. The second-order valence-electron chi connectivity index (χ2n) is 4.00. The lowest BCUT2D eigenvalue weighted by Crippen LogP contribution is -2.59. The van der Waals surface area contributed by atoms with E-state index in [1.54, 1.807) is 4.90 Å². The summed E-state index contributed by atoms with van der Waals surface area (Å²) in [6.07, 6.45) is 0. The van der Waals surface area contributed by atoms with Gasteiger partial charge >= 0.3 is 6.03 Å². The van der Waals surface area contributed by atoms with Gasteiger partial charge in [0, 0.05) is 26.2 Å². The van der Waals surface area contributed by atoms with Gasteiger partial charge in [-0.2, -0.15) is 0 Å². The van der Waals surface area contributed by atoms with Crippen LogP contribution in [-0.2, 0) is 9.59 Å². The first-order chi connectivity index (χ1) is 8.54. The predicted octanol–water partition coefficient (Wildman–Crippen LogP) is -2.41.